The molecule has 2 aromatic rings. The van der Waals surface area contributed by atoms with Crippen LogP contribution in [0.15, 0.2) is 28.7 Å². The summed E-state index contributed by atoms with van der Waals surface area (Å²) in [6, 6.07) is 8.24. The minimum absolute atomic E-state index is 0.370. The zero-order valence-corrected chi connectivity index (χ0v) is 11.9. The number of hydrogen-bond acceptors (Lipinski definition) is 5. The molecular weight excluding hydrogens is 254 g/mol. The number of likely N-dealkylation sites (tertiary alicyclic amines) is 1. The molecule has 3 rings (SSSR count). The molecule has 0 radical (unpaired) electrons. The highest BCUT2D eigenvalue weighted by Crippen LogP contribution is 2.27. The molecule has 5 heteroatoms. The van der Waals surface area contributed by atoms with E-state index in [-0.39, 0.29) is 0 Å². The van der Waals surface area contributed by atoms with Crippen LogP contribution in [0.3, 0.4) is 0 Å². The first-order chi connectivity index (χ1) is 9.74. The maximum Gasteiger partial charge on any atom is 0.220 e. The largest absolute Gasteiger partial charge is 0.497 e. The molecule has 1 fully saturated rings. The standard InChI is InChI=1S/C15H19N3O2/c1-11-16-17-15(20-11)13-7-8-18(10-13)9-12-3-5-14(19-2)6-4-12/h3-6,13H,7-10H2,1-2H3. The molecule has 2 heterocycles. The van der Waals surface area contributed by atoms with E-state index in [0.29, 0.717) is 11.8 Å². The summed E-state index contributed by atoms with van der Waals surface area (Å²) < 4.78 is 10.7. The second kappa shape index (κ2) is 5.63. The van der Waals surface area contributed by atoms with Crippen molar-refractivity contribution in [2.75, 3.05) is 20.2 Å². The lowest BCUT2D eigenvalue weighted by molar-refractivity contribution is 0.318. The number of aromatic nitrogens is 2. The van der Waals surface area contributed by atoms with Crippen molar-refractivity contribution in [3.8, 4) is 5.75 Å². The summed E-state index contributed by atoms with van der Waals surface area (Å²) >= 11 is 0. The third-order valence-electron chi connectivity index (χ3n) is 3.73. The highest BCUT2D eigenvalue weighted by Gasteiger charge is 2.27. The number of benzene rings is 1. The third kappa shape index (κ3) is 2.82. The molecule has 1 saturated heterocycles. The minimum Gasteiger partial charge on any atom is -0.497 e. The Hall–Kier alpha value is -1.88. The van der Waals surface area contributed by atoms with E-state index in [4.69, 9.17) is 9.15 Å². The Bertz CT molecular complexity index is 565. The van der Waals surface area contributed by atoms with Crippen LogP contribution in [0.2, 0.25) is 0 Å². The lowest BCUT2D eigenvalue weighted by Gasteiger charge is -2.15. The second-order valence-electron chi connectivity index (χ2n) is 5.23. The van der Waals surface area contributed by atoms with Gasteiger partial charge in [0, 0.05) is 20.0 Å². The molecule has 0 spiro atoms. The van der Waals surface area contributed by atoms with Crippen LogP contribution < -0.4 is 4.74 Å². The van der Waals surface area contributed by atoms with Gasteiger partial charge in [-0.1, -0.05) is 12.1 Å². The predicted octanol–water partition coefficient (Wildman–Crippen LogP) is 2.38. The lowest BCUT2D eigenvalue weighted by Crippen LogP contribution is -2.19. The van der Waals surface area contributed by atoms with Crippen molar-refractivity contribution in [3.05, 3.63) is 41.6 Å². The Labute approximate surface area is 118 Å². The molecule has 106 valence electrons. The Kier molecular flexibility index (Phi) is 3.69. The molecule has 1 aromatic carbocycles. The van der Waals surface area contributed by atoms with Gasteiger partial charge in [0.2, 0.25) is 11.8 Å². The molecule has 0 aliphatic carbocycles. The molecule has 5 nitrogen and oxygen atoms in total. The van der Waals surface area contributed by atoms with E-state index in [0.717, 1.165) is 37.7 Å². The molecular formula is C15H19N3O2. The van der Waals surface area contributed by atoms with Gasteiger partial charge in [-0.25, -0.2) is 0 Å². The number of ether oxygens (including phenoxy) is 1. The summed E-state index contributed by atoms with van der Waals surface area (Å²) in [7, 11) is 1.69. The van der Waals surface area contributed by atoms with Crippen LogP contribution in [0.25, 0.3) is 0 Å². The molecule has 0 saturated carbocycles. The highest BCUT2D eigenvalue weighted by molar-refractivity contribution is 5.27. The van der Waals surface area contributed by atoms with Gasteiger partial charge in [-0.05, 0) is 30.7 Å². The average Bonchev–Trinajstić information content (AvgIpc) is 3.09. The molecule has 1 aliphatic rings. The van der Waals surface area contributed by atoms with Crippen LogP contribution in [-0.4, -0.2) is 35.3 Å². The van der Waals surface area contributed by atoms with E-state index < -0.39 is 0 Å². The van der Waals surface area contributed by atoms with E-state index in [1.165, 1.54) is 5.56 Å². The maximum absolute atomic E-state index is 5.53. The zero-order chi connectivity index (χ0) is 13.9. The summed E-state index contributed by atoms with van der Waals surface area (Å²) in [4.78, 5) is 2.42. The van der Waals surface area contributed by atoms with Crippen LogP contribution in [-0.2, 0) is 6.54 Å². The Morgan fingerprint density at radius 1 is 1.30 bits per heavy atom. The summed E-state index contributed by atoms with van der Waals surface area (Å²) in [6.07, 6.45) is 1.08. The van der Waals surface area contributed by atoms with Crippen LogP contribution in [0.1, 0.15) is 29.7 Å². The van der Waals surface area contributed by atoms with Gasteiger partial charge in [0.25, 0.3) is 0 Å². The van der Waals surface area contributed by atoms with Crippen molar-refractivity contribution in [1.82, 2.24) is 15.1 Å². The Balaban J connectivity index is 1.59. The molecule has 1 unspecified atom stereocenters. The fraction of sp³-hybridized carbons (Fsp3) is 0.467. The molecule has 20 heavy (non-hydrogen) atoms. The van der Waals surface area contributed by atoms with E-state index >= 15 is 0 Å². The van der Waals surface area contributed by atoms with Gasteiger partial charge in [0.15, 0.2) is 0 Å². The van der Waals surface area contributed by atoms with E-state index in [1.54, 1.807) is 7.11 Å². The normalized spacial score (nSPS) is 19.4. The monoisotopic (exact) mass is 273 g/mol. The quantitative estimate of drug-likeness (QED) is 0.856. The predicted molar refractivity (Wildman–Crippen MR) is 74.7 cm³/mol. The van der Waals surface area contributed by atoms with E-state index in [9.17, 15) is 0 Å². The minimum atomic E-state index is 0.370. The van der Waals surface area contributed by atoms with Crippen molar-refractivity contribution in [2.45, 2.75) is 25.8 Å². The topological polar surface area (TPSA) is 51.4 Å². The smallest absolute Gasteiger partial charge is 0.220 e. The van der Waals surface area contributed by atoms with E-state index in [1.807, 2.05) is 19.1 Å². The molecule has 0 N–H and O–H groups in total. The summed E-state index contributed by atoms with van der Waals surface area (Å²) in [5, 5.41) is 8.04. The van der Waals surface area contributed by atoms with Gasteiger partial charge in [0.05, 0.1) is 13.0 Å². The Morgan fingerprint density at radius 2 is 2.10 bits per heavy atom. The fourth-order valence-electron chi connectivity index (χ4n) is 2.64. The first-order valence-corrected chi connectivity index (χ1v) is 6.90. The molecule has 1 atom stereocenters. The van der Waals surface area contributed by atoms with Crippen LogP contribution in [0, 0.1) is 6.92 Å². The van der Waals surface area contributed by atoms with Gasteiger partial charge in [-0.2, -0.15) is 0 Å². The number of methoxy groups -OCH3 is 1. The van der Waals surface area contributed by atoms with Gasteiger partial charge < -0.3 is 9.15 Å². The van der Waals surface area contributed by atoms with Crippen molar-refractivity contribution >= 4 is 0 Å². The van der Waals surface area contributed by atoms with Crippen LogP contribution in [0.5, 0.6) is 5.75 Å². The summed E-state index contributed by atoms with van der Waals surface area (Å²) in [6.45, 7) is 4.83. The number of aryl methyl sites for hydroxylation is 1. The van der Waals surface area contributed by atoms with Crippen molar-refractivity contribution in [3.63, 3.8) is 0 Å². The number of hydrogen-bond donors (Lipinski definition) is 0. The van der Waals surface area contributed by atoms with E-state index in [2.05, 4.69) is 27.2 Å². The maximum atomic E-state index is 5.53. The molecule has 0 amide bonds. The lowest BCUT2D eigenvalue weighted by atomic mass is 10.1. The molecule has 1 aromatic heterocycles. The molecule has 0 bridgehead atoms. The van der Waals surface area contributed by atoms with Gasteiger partial charge in [0.1, 0.15) is 5.75 Å². The van der Waals surface area contributed by atoms with Crippen molar-refractivity contribution < 1.29 is 9.15 Å². The van der Waals surface area contributed by atoms with Crippen LogP contribution >= 0.6 is 0 Å². The zero-order valence-electron chi connectivity index (χ0n) is 11.9. The second-order valence-corrected chi connectivity index (χ2v) is 5.23. The van der Waals surface area contributed by atoms with Gasteiger partial charge in [-0.15, -0.1) is 10.2 Å². The van der Waals surface area contributed by atoms with Gasteiger partial charge in [-0.3, -0.25) is 4.90 Å². The van der Waals surface area contributed by atoms with Crippen molar-refractivity contribution in [2.24, 2.45) is 0 Å². The Morgan fingerprint density at radius 3 is 2.75 bits per heavy atom. The number of rotatable bonds is 4. The SMILES string of the molecule is COc1ccc(CN2CCC(c3nnc(C)o3)C2)cc1. The summed E-state index contributed by atoms with van der Waals surface area (Å²) in [5.74, 6) is 2.69. The fourth-order valence-corrected chi connectivity index (χ4v) is 2.64. The third-order valence-corrected chi connectivity index (χ3v) is 3.73. The highest BCUT2D eigenvalue weighted by atomic mass is 16.5. The first kappa shape index (κ1) is 13.1. The first-order valence-electron chi connectivity index (χ1n) is 6.90. The summed E-state index contributed by atoms with van der Waals surface area (Å²) in [5.41, 5.74) is 1.30. The van der Waals surface area contributed by atoms with Gasteiger partial charge >= 0.3 is 0 Å². The molecule has 1 aliphatic heterocycles. The average molecular weight is 273 g/mol. The van der Waals surface area contributed by atoms with Crippen LogP contribution in [0.4, 0.5) is 0 Å². The van der Waals surface area contributed by atoms with Crippen molar-refractivity contribution in [1.29, 1.82) is 0 Å². The number of nitrogens with zero attached hydrogens (tertiary/aromatic N) is 3.